The van der Waals surface area contributed by atoms with E-state index in [4.69, 9.17) is 16.7 Å². The minimum absolute atomic E-state index is 0.123. The molecule has 0 aromatic carbocycles. The second-order valence-electron chi connectivity index (χ2n) is 4.84. The van der Waals surface area contributed by atoms with Crippen LogP contribution in [0.4, 0.5) is 10.5 Å². The number of carbonyl (C=O) groups is 1. The lowest BCUT2D eigenvalue weighted by Crippen LogP contribution is -2.38. The molecule has 3 heterocycles. The fourth-order valence-electron chi connectivity index (χ4n) is 2.96. The number of halogens is 1. The molecule has 0 unspecified atom stereocenters. The van der Waals surface area contributed by atoms with Crippen molar-refractivity contribution in [3.8, 4) is 0 Å². The minimum Gasteiger partial charge on any atom is -0.465 e. The molecule has 1 aromatic heterocycles. The third-order valence-electron chi connectivity index (χ3n) is 3.87. The van der Waals surface area contributed by atoms with E-state index >= 15 is 0 Å². The molecule has 0 radical (unpaired) electrons. The van der Waals surface area contributed by atoms with Crippen molar-refractivity contribution < 1.29 is 9.90 Å². The van der Waals surface area contributed by atoms with Crippen molar-refractivity contribution in [2.24, 2.45) is 5.92 Å². The molecule has 2 aliphatic heterocycles. The summed E-state index contributed by atoms with van der Waals surface area (Å²) in [6.07, 6.45) is 1.89. The molecule has 6 heteroatoms. The number of anilines is 1. The first-order valence-corrected chi connectivity index (χ1v) is 6.39. The molecule has 1 amide bonds. The summed E-state index contributed by atoms with van der Waals surface area (Å²) in [5.41, 5.74) is 1.01. The van der Waals surface area contributed by atoms with Gasteiger partial charge in [-0.15, -0.1) is 0 Å². The third-order valence-corrected chi connectivity index (χ3v) is 4.09. The number of pyridine rings is 1. The molecule has 2 atom stereocenters. The first-order valence-electron chi connectivity index (χ1n) is 6.01. The van der Waals surface area contributed by atoms with Gasteiger partial charge in [0.25, 0.3) is 0 Å². The highest BCUT2D eigenvalue weighted by Gasteiger charge is 2.43. The number of hydrogen-bond donors (Lipinski definition) is 1. The lowest BCUT2D eigenvalue weighted by Gasteiger charge is -2.23. The van der Waals surface area contributed by atoms with Gasteiger partial charge in [0, 0.05) is 25.6 Å². The van der Waals surface area contributed by atoms with Crippen LogP contribution in [0.3, 0.4) is 0 Å². The average molecular weight is 268 g/mol. The average Bonchev–Trinajstić information content (AvgIpc) is 2.88. The Morgan fingerprint density at radius 3 is 2.94 bits per heavy atom. The smallest absolute Gasteiger partial charge is 0.407 e. The van der Waals surface area contributed by atoms with E-state index in [0.29, 0.717) is 17.6 Å². The Hall–Kier alpha value is -1.49. The summed E-state index contributed by atoms with van der Waals surface area (Å²) in [4.78, 5) is 18.9. The number of fused-ring (bicyclic) bond motifs is 1. The molecule has 5 nitrogen and oxygen atoms in total. The van der Waals surface area contributed by atoms with Crippen molar-refractivity contribution in [1.82, 2.24) is 9.88 Å². The lowest BCUT2D eigenvalue weighted by molar-refractivity contribution is 0.140. The Morgan fingerprint density at radius 2 is 2.28 bits per heavy atom. The van der Waals surface area contributed by atoms with E-state index < -0.39 is 6.09 Å². The molecule has 0 saturated carbocycles. The first-order chi connectivity index (χ1) is 8.65. The van der Waals surface area contributed by atoms with Crippen LogP contribution in [0.5, 0.6) is 0 Å². The quantitative estimate of drug-likeness (QED) is 0.790. The summed E-state index contributed by atoms with van der Waals surface area (Å²) < 4.78 is 0. The molecule has 3 rings (SSSR count). The second kappa shape index (κ2) is 4.31. The topological polar surface area (TPSA) is 56.7 Å². The summed E-state index contributed by atoms with van der Waals surface area (Å²) >= 11 is 5.76. The van der Waals surface area contributed by atoms with Crippen molar-refractivity contribution in [3.63, 3.8) is 0 Å². The molecule has 1 aromatic rings. The predicted molar refractivity (Wildman–Crippen MR) is 68.1 cm³/mol. The summed E-state index contributed by atoms with van der Waals surface area (Å²) in [6, 6.07) is 3.82. The van der Waals surface area contributed by atoms with Crippen molar-refractivity contribution in [2.75, 3.05) is 24.5 Å². The molecule has 96 valence electrons. The van der Waals surface area contributed by atoms with Gasteiger partial charge in [-0.2, -0.15) is 0 Å². The molecule has 2 saturated heterocycles. The Labute approximate surface area is 110 Å². The number of aromatic nitrogens is 1. The second-order valence-corrected chi connectivity index (χ2v) is 5.22. The van der Waals surface area contributed by atoms with Gasteiger partial charge in [-0.3, -0.25) is 0 Å². The van der Waals surface area contributed by atoms with E-state index in [0.717, 1.165) is 25.2 Å². The SMILES string of the molecule is O=C(O)N1CC[C@@H]2CN(c3ccc(Cl)nc3)C[C@@H]21. The lowest BCUT2D eigenvalue weighted by atomic mass is 10.1. The van der Waals surface area contributed by atoms with E-state index in [1.807, 2.05) is 6.07 Å². The highest BCUT2D eigenvalue weighted by Crippen LogP contribution is 2.33. The van der Waals surface area contributed by atoms with Crippen LogP contribution in [0.15, 0.2) is 18.3 Å². The van der Waals surface area contributed by atoms with Gasteiger partial charge in [-0.1, -0.05) is 11.6 Å². The van der Waals surface area contributed by atoms with Crippen LogP contribution in [0, 0.1) is 5.92 Å². The van der Waals surface area contributed by atoms with Crippen LogP contribution in [0.1, 0.15) is 6.42 Å². The fourth-order valence-corrected chi connectivity index (χ4v) is 3.08. The van der Waals surface area contributed by atoms with E-state index in [1.165, 1.54) is 0 Å². The van der Waals surface area contributed by atoms with Crippen molar-refractivity contribution >= 4 is 23.4 Å². The fraction of sp³-hybridized carbons (Fsp3) is 0.500. The van der Waals surface area contributed by atoms with Gasteiger partial charge in [0.1, 0.15) is 5.15 Å². The van der Waals surface area contributed by atoms with E-state index in [-0.39, 0.29) is 6.04 Å². The molecule has 2 aliphatic rings. The highest BCUT2D eigenvalue weighted by molar-refractivity contribution is 6.29. The largest absolute Gasteiger partial charge is 0.465 e. The van der Waals surface area contributed by atoms with Gasteiger partial charge in [-0.25, -0.2) is 9.78 Å². The summed E-state index contributed by atoms with van der Waals surface area (Å²) in [6.45, 7) is 2.31. The zero-order valence-electron chi connectivity index (χ0n) is 9.79. The number of rotatable bonds is 1. The van der Waals surface area contributed by atoms with Gasteiger partial charge < -0.3 is 14.9 Å². The molecule has 18 heavy (non-hydrogen) atoms. The molecule has 1 N–H and O–H groups in total. The normalized spacial score (nSPS) is 26.5. The maximum Gasteiger partial charge on any atom is 0.407 e. The minimum atomic E-state index is -0.807. The van der Waals surface area contributed by atoms with Gasteiger partial charge in [0.05, 0.1) is 17.9 Å². The van der Waals surface area contributed by atoms with Crippen LogP contribution in [-0.2, 0) is 0 Å². The molecular formula is C12H14ClN3O2. The summed E-state index contributed by atoms with van der Waals surface area (Å²) in [7, 11) is 0. The van der Waals surface area contributed by atoms with Crippen LogP contribution in [-0.4, -0.2) is 46.8 Å². The first kappa shape index (κ1) is 11.6. The molecule has 0 aliphatic carbocycles. The number of hydrogen-bond acceptors (Lipinski definition) is 3. The van der Waals surface area contributed by atoms with Gasteiger partial charge >= 0.3 is 6.09 Å². The maximum absolute atomic E-state index is 11.1. The Balaban J connectivity index is 1.76. The van der Waals surface area contributed by atoms with Crippen molar-refractivity contribution in [1.29, 1.82) is 0 Å². The Bertz CT molecular complexity index is 465. The summed E-state index contributed by atoms with van der Waals surface area (Å²) in [5.74, 6) is 0.441. The van der Waals surface area contributed by atoms with Crippen molar-refractivity contribution in [3.05, 3.63) is 23.5 Å². The summed E-state index contributed by atoms with van der Waals surface area (Å²) in [5, 5.41) is 9.61. The Kier molecular flexibility index (Phi) is 2.78. The predicted octanol–water partition coefficient (Wildman–Crippen LogP) is 1.92. The van der Waals surface area contributed by atoms with Crippen LogP contribution in [0.25, 0.3) is 0 Å². The highest BCUT2D eigenvalue weighted by atomic mass is 35.5. The van der Waals surface area contributed by atoms with Crippen LogP contribution < -0.4 is 4.90 Å². The van der Waals surface area contributed by atoms with Crippen molar-refractivity contribution in [2.45, 2.75) is 12.5 Å². The molecule has 0 bridgehead atoms. The van der Waals surface area contributed by atoms with E-state index in [2.05, 4.69) is 9.88 Å². The molecule has 0 spiro atoms. The monoisotopic (exact) mass is 267 g/mol. The zero-order chi connectivity index (χ0) is 12.7. The number of nitrogens with zero attached hydrogens (tertiary/aromatic N) is 3. The zero-order valence-corrected chi connectivity index (χ0v) is 10.5. The molecular weight excluding hydrogens is 254 g/mol. The third kappa shape index (κ3) is 1.88. The van der Waals surface area contributed by atoms with Crippen LogP contribution >= 0.6 is 11.6 Å². The number of likely N-dealkylation sites (tertiary alicyclic amines) is 1. The van der Waals surface area contributed by atoms with E-state index in [1.54, 1.807) is 17.2 Å². The van der Waals surface area contributed by atoms with E-state index in [9.17, 15) is 4.79 Å². The van der Waals surface area contributed by atoms with Gasteiger partial charge in [0.15, 0.2) is 0 Å². The van der Waals surface area contributed by atoms with Gasteiger partial charge in [-0.05, 0) is 18.6 Å². The molecule has 2 fully saturated rings. The van der Waals surface area contributed by atoms with Crippen LogP contribution in [0.2, 0.25) is 5.15 Å². The maximum atomic E-state index is 11.1. The van der Waals surface area contributed by atoms with Gasteiger partial charge in [0.2, 0.25) is 0 Å². The number of amides is 1. The standard InChI is InChI=1S/C12H14ClN3O2/c13-11-2-1-9(5-14-11)15-6-8-3-4-16(12(17)18)10(8)7-15/h1-2,5,8,10H,3-4,6-7H2,(H,17,18)/t8-,10+/m1/s1. The number of carboxylic acid groups (broad SMARTS) is 1. The Morgan fingerprint density at radius 1 is 1.44 bits per heavy atom.